The lowest BCUT2D eigenvalue weighted by molar-refractivity contribution is 0.455. The average molecular weight is 202 g/mol. The van der Waals surface area contributed by atoms with Crippen LogP contribution in [0.2, 0.25) is 0 Å². The molecule has 2 aliphatic rings. The van der Waals surface area contributed by atoms with Gasteiger partial charge in [-0.3, -0.25) is 4.99 Å². The molecule has 2 nitrogen and oxygen atoms in total. The van der Waals surface area contributed by atoms with E-state index in [9.17, 15) is 0 Å². The van der Waals surface area contributed by atoms with E-state index in [0.717, 1.165) is 6.67 Å². The Morgan fingerprint density at radius 1 is 1.33 bits per heavy atom. The van der Waals surface area contributed by atoms with E-state index in [0.29, 0.717) is 0 Å². The smallest absolute Gasteiger partial charge is 0.114 e. The fourth-order valence-electron chi connectivity index (χ4n) is 2.06. The first-order valence-electron chi connectivity index (χ1n) is 5.36. The van der Waals surface area contributed by atoms with Crippen LogP contribution in [0.4, 0.5) is 0 Å². The van der Waals surface area contributed by atoms with Crippen molar-refractivity contribution in [2.75, 3.05) is 6.67 Å². The zero-order valence-corrected chi connectivity index (χ0v) is 9.91. The van der Waals surface area contributed by atoms with E-state index in [4.69, 9.17) is 0 Å². The van der Waals surface area contributed by atoms with E-state index in [-0.39, 0.29) is 5.41 Å². The summed E-state index contributed by atoms with van der Waals surface area (Å²) < 4.78 is 0. The van der Waals surface area contributed by atoms with Crippen molar-refractivity contribution in [1.82, 2.24) is 4.90 Å². The number of hydrogen-bond donors (Lipinski definition) is 0. The molecule has 0 aromatic heterocycles. The van der Waals surface area contributed by atoms with E-state index >= 15 is 0 Å². The minimum Gasteiger partial charge on any atom is -0.328 e. The molecule has 0 saturated heterocycles. The van der Waals surface area contributed by atoms with Crippen molar-refractivity contribution in [2.45, 2.75) is 27.7 Å². The first kappa shape index (κ1) is 10.2. The molecular formula is C13H18N2. The molecule has 0 saturated carbocycles. The number of hydrogen-bond acceptors (Lipinski definition) is 2. The van der Waals surface area contributed by atoms with Crippen molar-refractivity contribution < 1.29 is 0 Å². The summed E-state index contributed by atoms with van der Waals surface area (Å²) in [5.74, 6) is 0. The van der Waals surface area contributed by atoms with E-state index in [1.54, 1.807) is 0 Å². The first-order chi connectivity index (χ1) is 6.98. The van der Waals surface area contributed by atoms with Gasteiger partial charge in [0.15, 0.2) is 0 Å². The molecule has 2 heterocycles. The minimum atomic E-state index is 0.210. The SMILES string of the molecule is CC1=CN2CN=CC=C2C=C1C(C)(C)C. The monoisotopic (exact) mass is 202 g/mol. The standard InChI is InChI=1S/C13H18N2/c1-10-8-15-9-14-6-5-11(15)7-12(10)13(2,3)4/h5-8H,9H2,1-4H3. The molecule has 0 radical (unpaired) electrons. The molecule has 15 heavy (non-hydrogen) atoms. The van der Waals surface area contributed by atoms with E-state index < -0.39 is 0 Å². The number of allylic oxidation sites excluding steroid dienone is 4. The molecule has 0 atom stereocenters. The van der Waals surface area contributed by atoms with E-state index in [1.807, 2.05) is 6.21 Å². The van der Waals surface area contributed by atoms with Gasteiger partial charge in [0.25, 0.3) is 0 Å². The van der Waals surface area contributed by atoms with Crippen LogP contribution in [-0.4, -0.2) is 17.8 Å². The summed E-state index contributed by atoms with van der Waals surface area (Å²) in [4.78, 5) is 6.42. The Kier molecular flexibility index (Phi) is 2.29. The Morgan fingerprint density at radius 3 is 2.73 bits per heavy atom. The van der Waals surface area contributed by atoms with Gasteiger partial charge in [-0.05, 0) is 35.6 Å². The average Bonchev–Trinajstić information content (AvgIpc) is 2.15. The summed E-state index contributed by atoms with van der Waals surface area (Å²) in [5.41, 5.74) is 4.22. The summed E-state index contributed by atoms with van der Waals surface area (Å²) in [6.07, 6.45) is 8.43. The van der Waals surface area contributed by atoms with Gasteiger partial charge in [0, 0.05) is 18.1 Å². The van der Waals surface area contributed by atoms with Gasteiger partial charge in [0.2, 0.25) is 0 Å². The molecule has 0 spiro atoms. The summed E-state index contributed by atoms with van der Waals surface area (Å²) >= 11 is 0. The summed E-state index contributed by atoms with van der Waals surface area (Å²) in [5, 5.41) is 0. The number of rotatable bonds is 0. The molecule has 0 bridgehead atoms. The molecule has 2 aliphatic heterocycles. The van der Waals surface area contributed by atoms with Crippen LogP contribution < -0.4 is 0 Å². The van der Waals surface area contributed by atoms with Crippen LogP contribution in [0.1, 0.15) is 27.7 Å². The second-order valence-electron chi connectivity index (χ2n) is 5.15. The van der Waals surface area contributed by atoms with Gasteiger partial charge in [-0.2, -0.15) is 0 Å². The van der Waals surface area contributed by atoms with Gasteiger partial charge in [-0.1, -0.05) is 20.8 Å². The topological polar surface area (TPSA) is 15.6 Å². The summed E-state index contributed by atoms with van der Waals surface area (Å²) in [6, 6.07) is 0. The molecule has 80 valence electrons. The van der Waals surface area contributed by atoms with Crippen molar-refractivity contribution in [2.24, 2.45) is 10.4 Å². The zero-order valence-electron chi connectivity index (χ0n) is 9.91. The predicted octanol–water partition coefficient (Wildman–Crippen LogP) is 3.10. The second-order valence-corrected chi connectivity index (χ2v) is 5.15. The molecule has 0 fully saturated rings. The predicted molar refractivity (Wildman–Crippen MR) is 64.6 cm³/mol. The molecule has 2 heteroatoms. The number of fused-ring (bicyclic) bond motifs is 1. The minimum absolute atomic E-state index is 0.210. The maximum atomic E-state index is 4.23. The Balaban J connectivity index is 2.41. The number of aliphatic imine (C=N–C) groups is 1. The fraction of sp³-hybridized carbons (Fsp3) is 0.462. The Hall–Kier alpha value is -1.31. The lowest BCUT2D eigenvalue weighted by atomic mass is 9.81. The van der Waals surface area contributed by atoms with E-state index in [1.165, 1.54) is 16.8 Å². The molecule has 0 aromatic carbocycles. The largest absolute Gasteiger partial charge is 0.328 e. The van der Waals surface area contributed by atoms with Crippen molar-refractivity contribution in [1.29, 1.82) is 0 Å². The van der Waals surface area contributed by atoms with Gasteiger partial charge >= 0.3 is 0 Å². The highest BCUT2D eigenvalue weighted by Gasteiger charge is 2.23. The highest BCUT2D eigenvalue weighted by molar-refractivity contribution is 5.74. The van der Waals surface area contributed by atoms with Crippen molar-refractivity contribution >= 4 is 6.21 Å². The third-order valence-corrected chi connectivity index (χ3v) is 2.79. The van der Waals surface area contributed by atoms with Crippen molar-refractivity contribution in [3.8, 4) is 0 Å². The summed E-state index contributed by atoms with van der Waals surface area (Å²) in [7, 11) is 0. The molecule has 2 rings (SSSR count). The van der Waals surface area contributed by atoms with Crippen molar-refractivity contribution in [3.05, 3.63) is 35.2 Å². The second kappa shape index (κ2) is 3.37. The normalized spacial score (nSPS) is 20.5. The Labute approximate surface area is 91.7 Å². The first-order valence-corrected chi connectivity index (χ1v) is 5.36. The maximum absolute atomic E-state index is 4.23. The van der Waals surface area contributed by atoms with Crippen LogP contribution in [0, 0.1) is 5.41 Å². The molecule has 0 amide bonds. The maximum Gasteiger partial charge on any atom is 0.114 e. The van der Waals surface area contributed by atoms with Crippen LogP contribution in [0.3, 0.4) is 0 Å². The van der Waals surface area contributed by atoms with Gasteiger partial charge < -0.3 is 4.90 Å². The quantitative estimate of drug-likeness (QED) is 0.589. The van der Waals surface area contributed by atoms with Crippen LogP contribution in [0.5, 0.6) is 0 Å². The highest BCUT2D eigenvalue weighted by Crippen LogP contribution is 2.35. The molecule has 0 aliphatic carbocycles. The van der Waals surface area contributed by atoms with Crippen LogP contribution in [0.25, 0.3) is 0 Å². The summed E-state index contributed by atoms with van der Waals surface area (Å²) in [6.45, 7) is 9.68. The van der Waals surface area contributed by atoms with Gasteiger partial charge in [-0.15, -0.1) is 0 Å². The fourth-order valence-corrected chi connectivity index (χ4v) is 2.06. The van der Waals surface area contributed by atoms with Gasteiger partial charge in [-0.25, -0.2) is 0 Å². The van der Waals surface area contributed by atoms with Gasteiger partial charge in [0.05, 0.1) is 0 Å². The lowest BCUT2D eigenvalue weighted by Crippen LogP contribution is -2.25. The third-order valence-electron chi connectivity index (χ3n) is 2.79. The van der Waals surface area contributed by atoms with Crippen LogP contribution in [0.15, 0.2) is 40.2 Å². The third kappa shape index (κ3) is 1.89. The molecule has 0 N–H and O–H groups in total. The zero-order chi connectivity index (χ0) is 11.1. The lowest BCUT2D eigenvalue weighted by Gasteiger charge is -2.33. The van der Waals surface area contributed by atoms with E-state index in [2.05, 4.69) is 55.9 Å². The van der Waals surface area contributed by atoms with Crippen LogP contribution in [-0.2, 0) is 0 Å². The molecule has 0 aromatic rings. The van der Waals surface area contributed by atoms with Crippen molar-refractivity contribution in [3.63, 3.8) is 0 Å². The molecule has 0 unspecified atom stereocenters. The Bertz CT molecular complexity index is 389. The Morgan fingerprint density at radius 2 is 2.07 bits per heavy atom. The van der Waals surface area contributed by atoms with Crippen LogP contribution >= 0.6 is 0 Å². The molecular weight excluding hydrogens is 184 g/mol. The number of nitrogens with zero attached hydrogens (tertiary/aromatic N) is 2. The highest BCUT2D eigenvalue weighted by atomic mass is 15.2. The van der Waals surface area contributed by atoms with Gasteiger partial charge in [0.1, 0.15) is 6.67 Å².